The van der Waals surface area contributed by atoms with E-state index in [4.69, 9.17) is 4.74 Å². The van der Waals surface area contributed by atoms with E-state index in [1.54, 1.807) is 23.1 Å². The van der Waals surface area contributed by atoms with Gasteiger partial charge in [-0.05, 0) is 44.0 Å². The van der Waals surface area contributed by atoms with Gasteiger partial charge in [-0.3, -0.25) is 4.79 Å². The molecule has 2 aliphatic rings. The minimum atomic E-state index is -3.70. The summed E-state index contributed by atoms with van der Waals surface area (Å²) in [6.45, 7) is 6.75. The number of amides is 1. The van der Waals surface area contributed by atoms with Crippen molar-refractivity contribution in [2.75, 3.05) is 52.5 Å². The molecule has 0 radical (unpaired) electrons. The molecule has 2 saturated heterocycles. The summed E-state index contributed by atoms with van der Waals surface area (Å²) in [6, 6.07) is 6.56. The molecule has 0 aliphatic carbocycles. The zero-order chi connectivity index (χ0) is 19.3. The number of rotatable bonds is 6. The molecular weight excluding hydrogens is 366 g/mol. The lowest BCUT2D eigenvalue weighted by atomic mass is 9.96. The van der Waals surface area contributed by atoms with Crippen molar-refractivity contribution in [1.29, 1.82) is 0 Å². The Balaban J connectivity index is 1.75. The number of nitrogens with one attached hydrogen (secondary N) is 1. The van der Waals surface area contributed by atoms with Gasteiger partial charge in [0.15, 0.2) is 0 Å². The fourth-order valence-electron chi connectivity index (χ4n) is 3.65. The molecule has 1 amide bonds. The number of carbonyl (C=O) groups is 1. The Morgan fingerprint density at radius 1 is 1.15 bits per heavy atom. The van der Waals surface area contributed by atoms with Crippen LogP contribution in [0, 0.1) is 5.92 Å². The first-order valence-electron chi connectivity index (χ1n) is 9.71. The Bertz CT molecular complexity index is 739. The molecule has 3 rings (SSSR count). The van der Waals surface area contributed by atoms with E-state index in [1.807, 2.05) is 0 Å². The van der Waals surface area contributed by atoms with Crippen LogP contribution in [-0.4, -0.2) is 76.0 Å². The summed E-state index contributed by atoms with van der Waals surface area (Å²) in [5.41, 5.74) is 0.272. The van der Waals surface area contributed by atoms with Crippen LogP contribution in [0.1, 0.15) is 30.1 Å². The maximum absolute atomic E-state index is 13.1. The monoisotopic (exact) mass is 395 g/mol. The zero-order valence-electron chi connectivity index (χ0n) is 15.9. The van der Waals surface area contributed by atoms with E-state index in [9.17, 15) is 13.2 Å². The van der Waals surface area contributed by atoms with Crippen LogP contribution >= 0.6 is 0 Å². The van der Waals surface area contributed by atoms with Crippen LogP contribution in [0.4, 0.5) is 0 Å². The molecule has 0 saturated carbocycles. The minimum absolute atomic E-state index is 0.103. The second-order valence-electron chi connectivity index (χ2n) is 7.06. The third-order valence-corrected chi connectivity index (χ3v) is 7.25. The molecule has 0 spiro atoms. The molecule has 1 aromatic rings. The number of hydrogen-bond acceptors (Lipinski definition) is 5. The Morgan fingerprint density at radius 2 is 1.81 bits per heavy atom. The smallest absolute Gasteiger partial charge is 0.255 e. The molecule has 0 unspecified atom stereocenters. The quantitative estimate of drug-likeness (QED) is 0.782. The summed E-state index contributed by atoms with van der Waals surface area (Å²) in [6.07, 6.45) is 1.88. The lowest BCUT2D eigenvalue weighted by Gasteiger charge is -2.33. The minimum Gasteiger partial charge on any atom is -0.379 e. The summed E-state index contributed by atoms with van der Waals surface area (Å²) >= 11 is 0. The van der Waals surface area contributed by atoms with E-state index in [0.29, 0.717) is 45.3 Å². The topological polar surface area (TPSA) is 79.0 Å². The fraction of sp³-hybridized carbons (Fsp3) is 0.632. The van der Waals surface area contributed by atoms with Crippen molar-refractivity contribution < 1.29 is 17.9 Å². The van der Waals surface area contributed by atoms with E-state index in [2.05, 4.69) is 12.2 Å². The Hall–Kier alpha value is -1.48. The third-order valence-electron chi connectivity index (χ3n) is 5.29. The van der Waals surface area contributed by atoms with Crippen LogP contribution in [-0.2, 0) is 14.8 Å². The van der Waals surface area contributed by atoms with Crippen LogP contribution in [0.5, 0.6) is 0 Å². The van der Waals surface area contributed by atoms with Crippen molar-refractivity contribution in [2.24, 2.45) is 5.92 Å². The first-order valence-corrected chi connectivity index (χ1v) is 11.1. The number of benzene rings is 1. The SMILES string of the molecule is CCNCC1CCN(C(=O)c2ccccc2S(=O)(=O)N2CCOCC2)CC1. The molecule has 150 valence electrons. The zero-order valence-corrected chi connectivity index (χ0v) is 16.7. The Kier molecular flexibility index (Phi) is 6.86. The lowest BCUT2D eigenvalue weighted by molar-refractivity contribution is 0.0683. The second-order valence-corrected chi connectivity index (χ2v) is 8.96. The number of piperidine rings is 1. The molecule has 2 heterocycles. The van der Waals surface area contributed by atoms with E-state index in [0.717, 1.165) is 25.9 Å². The van der Waals surface area contributed by atoms with Gasteiger partial charge in [-0.25, -0.2) is 8.42 Å². The average Bonchev–Trinajstić information content (AvgIpc) is 2.72. The second kappa shape index (κ2) is 9.14. The maximum Gasteiger partial charge on any atom is 0.255 e. The van der Waals surface area contributed by atoms with Crippen LogP contribution < -0.4 is 5.32 Å². The maximum atomic E-state index is 13.1. The van der Waals surface area contributed by atoms with E-state index in [1.165, 1.54) is 10.4 Å². The molecule has 1 N–H and O–H groups in total. The predicted molar refractivity (Wildman–Crippen MR) is 103 cm³/mol. The molecule has 7 nitrogen and oxygen atoms in total. The highest BCUT2D eigenvalue weighted by atomic mass is 32.2. The lowest BCUT2D eigenvalue weighted by Crippen LogP contribution is -2.43. The van der Waals surface area contributed by atoms with Gasteiger partial charge in [0.05, 0.1) is 23.7 Å². The van der Waals surface area contributed by atoms with Gasteiger partial charge in [0.25, 0.3) is 5.91 Å². The molecule has 0 aromatic heterocycles. The standard InChI is InChI=1S/C19H29N3O4S/c1-2-20-15-16-7-9-21(10-8-16)19(23)17-5-3-4-6-18(17)27(24,25)22-11-13-26-14-12-22/h3-6,16,20H,2,7-15H2,1H3. The molecule has 2 fully saturated rings. The van der Waals surface area contributed by atoms with Gasteiger partial charge in [0.2, 0.25) is 10.0 Å². The van der Waals surface area contributed by atoms with Crippen molar-refractivity contribution in [2.45, 2.75) is 24.7 Å². The Morgan fingerprint density at radius 3 is 2.48 bits per heavy atom. The molecular formula is C19H29N3O4S. The predicted octanol–water partition coefficient (Wildman–Crippen LogP) is 1.17. The number of sulfonamides is 1. The van der Waals surface area contributed by atoms with Crippen molar-refractivity contribution in [1.82, 2.24) is 14.5 Å². The summed E-state index contributed by atoms with van der Waals surface area (Å²) in [5, 5.41) is 3.36. The van der Waals surface area contributed by atoms with E-state index in [-0.39, 0.29) is 16.4 Å². The van der Waals surface area contributed by atoms with E-state index < -0.39 is 10.0 Å². The van der Waals surface area contributed by atoms with Gasteiger partial charge < -0.3 is 15.0 Å². The summed E-state index contributed by atoms with van der Waals surface area (Å²) in [4.78, 5) is 15.0. The van der Waals surface area contributed by atoms with Gasteiger partial charge in [0.1, 0.15) is 0 Å². The number of morpholine rings is 1. The van der Waals surface area contributed by atoms with Crippen molar-refractivity contribution in [3.8, 4) is 0 Å². The van der Waals surface area contributed by atoms with Gasteiger partial charge in [0, 0.05) is 26.2 Å². The first-order chi connectivity index (χ1) is 13.0. The normalized spacial score (nSPS) is 20.0. The largest absolute Gasteiger partial charge is 0.379 e. The van der Waals surface area contributed by atoms with Gasteiger partial charge in [-0.2, -0.15) is 4.31 Å². The summed E-state index contributed by atoms with van der Waals surface area (Å²) < 4.78 is 32.8. The highest BCUT2D eigenvalue weighted by molar-refractivity contribution is 7.89. The molecule has 1 aromatic carbocycles. The first kappa shape index (κ1) is 20.3. The molecule has 2 aliphatic heterocycles. The highest BCUT2D eigenvalue weighted by Crippen LogP contribution is 2.25. The van der Waals surface area contributed by atoms with Gasteiger partial charge >= 0.3 is 0 Å². The number of carbonyl (C=O) groups excluding carboxylic acids is 1. The molecule has 8 heteroatoms. The van der Waals surface area contributed by atoms with Crippen LogP contribution in [0.25, 0.3) is 0 Å². The summed E-state index contributed by atoms with van der Waals surface area (Å²) in [7, 11) is -3.70. The van der Waals surface area contributed by atoms with Crippen molar-refractivity contribution in [3.63, 3.8) is 0 Å². The Labute approximate surface area is 161 Å². The number of nitrogens with zero attached hydrogens (tertiary/aromatic N) is 2. The molecule has 0 bridgehead atoms. The van der Waals surface area contributed by atoms with E-state index >= 15 is 0 Å². The third kappa shape index (κ3) is 4.68. The van der Waals surface area contributed by atoms with Crippen LogP contribution in [0.3, 0.4) is 0 Å². The highest BCUT2D eigenvalue weighted by Gasteiger charge is 2.32. The van der Waals surface area contributed by atoms with Crippen molar-refractivity contribution in [3.05, 3.63) is 29.8 Å². The van der Waals surface area contributed by atoms with Crippen LogP contribution in [0.2, 0.25) is 0 Å². The number of ether oxygens (including phenoxy) is 1. The van der Waals surface area contributed by atoms with Crippen LogP contribution in [0.15, 0.2) is 29.2 Å². The van der Waals surface area contributed by atoms with Gasteiger partial charge in [-0.15, -0.1) is 0 Å². The summed E-state index contributed by atoms with van der Waals surface area (Å²) in [5.74, 6) is 0.380. The fourth-order valence-corrected chi connectivity index (χ4v) is 5.25. The molecule has 0 atom stereocenters. The number of likely N-dealkylation sites (tertiary alicyclic amines) is 1. The average molecular weight is 396 g/mol. The number of hydrogen-bond donors (Lipinski definition) is 1. The van der Waals surface area contributed by atoms with Gasteiger partial charge in [-0.1, -0.05) is 19.1 Å². The molecule has 27 heavy (non-hydrogen) atoms. The van der Waals surface area contributed by atoms with Crippen molar-refractivity contribution >= 4 is 15.9 Å².